The van der Waals surface area contributed by atoms with Gasteiger partial charge in [-0.1, -0.05) is 0 Å². The first-order valence-electron chi connectivity index (χ1n) is 2.83. The largest absolute Gasteiger partial charge is 0.222 e. The lowest BCUT2D eigenvalue weighted by atomic mass is 10.5. The molecule has 0 aliphatic heterocycles. The fourth-order valence-electron chi connectivity index (χ4n) is 0.408. The summed E-state index contributed by atoms with van der Waals surface area (Å²) in [7, 11) is -2.89. The first kappa shape index (κ1) is 11.8. The second-order valence-electron chi connectivity index (χ2n) is 1.92. The molecule has 0 saturated heterocycles. The van der Waals surface area contributed by atoms with Gasteiger partial charge in [-0.25, -0.2) is 18.6 Å². The second kappa shape index (κ2) is 4.70. The van der Waals surface area contributed by atoms with E-state index in [4.69, 9.17) is 18.6 Å². The van der Waals surface area contributed by atoms with Crippen LogP contribution >= 0.6 is 11.5 Å². The Morgan fingerprint density at radius 1 is 1.33 bits per heavy atom. The van der Waals surface area contributed by atoms with E-state index in [1.54, 1.807) is 11.5 Å². The van der Waals surface area contributed by atoms with Gasteiger partial charge in [0, 0.05) is 13.0 Å². The Morgan fingerprint density at radius 3 is 1.83 bits per heavy atom. The Kier molecular flexibility index (Phi) is 4.61. The molecule has 1 aromatic rings. The van der Waals surface area contributed by atoms with Gasteiger partial charge in [0.15, 0.2) is 12.7 Å². The van der Waals surface area contributed by atoms with Crippen molar-refractivity contribution in [2.45, 2.75) is 6.92 Å². The average Bonchev–Trinajstić information content (AvgIpc) is 2.12. The molecule has 0 amide bonds. The van der Waals surface area contributed by atoms with E-state index in [0.717, 1.165) is 0 Å². The molecule has 0 aliphatic rings. The SMILES string of the molecule is Cc1ccs[n+]1C.[O-][Cl+3]([O-])([O-])[O-]. The van der Waals surface area contributed by atoms with Gasteiger partial charge in [0.1, 0.15) is 11.5 Å². The minimum Gasteiger partial charge on any atom is -0.222 e. The highest BCUT2D eigenvalue weighted by Crippen LogP contribution is 1.91. The van der Waals surface area contributed by atoms with Crippen molar-refractivity contribution in [2.75, 3.05) is 0 Å². The molecular weight excluding hydrogens is 206 g/mol. The Bertz CT molecular complexity index is 211. The van der Waals surface area contributed by atoms with Crippen LogP contribution in [0, 0.1) is 17.2 Å². The number of halogens is 1. The number of nitrogens with zero attached hydrogens (tertiary/aromatic N) is 1. The quantitative estimate of drug-likeness (QED) is 0.412. The summed E-state index contributed by atoms with van der Waals surface area (Å²) in [6, 6.07) is 2.10. The van der Waals surface area contributed by atoms with E-state index in [0.29, 0.717) is 0 Å². The molecule has 1 heterocycles. The molecule has 7 heteroatoms. The van der Waals surface area contributed by atoms with Gasteiger partial charge in [-0.2, -0.15) is 0 Å². The minimum atomic E-state index is -4.94. The van der Waals surface area contributed by atoms with Gasteiger partial charge in [-0.15, -0.1) is 14.2 Å². The van der Waals surface area contributed by atoms with Gasteiger partial charge < -0.3 is 0 Å². The van der Waals surface area contributed by atoms with E-state index in [9.17, 15) is 0 Å². The first-order chi connectivity index (χ1) is 5.30. The summed E-state index contributed by atoms with van der Waals surface area (Å²) in [4.78, 5) is 0. The van der Waals surface area contributed by atoms with Crippen molar-refractivity contribution in [3.63, 3.8) is 0 Å². The normalized spacial score (nSPS) is 10.5. The zero-order chi connectivity index (χ0) is 9.78. The Hall–Kier alpha value is -0.240. The molecule has 1 rings (SSSR count). The lowest BCUT2D eigenvalue weighted by Crippen LogP contribution is -2.68. The smallest absolute Gasteiger partial charge is 0.193 e. The molecule has 0 aromatic carbocycles. The van der Waals surface area contributed by atoms with Crippen molar-refractivity contribution in [1.29, 1.82) is 0 Å². The molecule has 0 radical (unpaired) electrons. The molecule has 12 heavy (non-hydrogen) atoms. The van der Waals surface area contributed by atoms with Crippen molar-refractivity contribution in [3.05, 3.63) is 17.1 Å². The van der Waals surface area contributed by atoms with Crippen LogP contribution in [0.4, 0.5) is 0 Å². The third-order valence-electron chi connectivity index (χ3n) is 1.02. The van der Waals surface area contributed by atoms with Gasteiger partial charge in [-0.05, 0) is 0 Å². The molecule has 0 bridgehead atoms. The lowest BCUT2D eigenvalue weighted by Gasteiger charge is -2.17. The van der Waals surface area contributed by atoms with E-state index < -0.39 is 10.2 Å². The Balaban J connectivity index is 0.000000217. The van der Waals surface area contributed by atoms with Crippen LogP contribution in [-0.2, 0) is 7.05 Å². The zero-order valence-corrected chi connectivity index (χ0v) is 8.09. The first-order valence-corrected chi connectivity index (χ1v) is 4.90. The zero-order valence-electron chi connectivity index (χ0n) is 6.52. The minimum absolute atomic E-state index is 1.32. The molecule has 70 valence electrons. The van der Waals surface area contributed by atoms with Crippen molar-refractivity contribution in [2.24, 2.45) is 7.05 Å². The maximum absolute atomic E-state index is 8.49. The molecule has 5 nitrogen and oxygen atoms in total. The van der Waals surface area contributed by atoms with Crippen LogP contribution < -0.4 is 22.6 Å². The van der Waals surface area contributed by atoms with Crippen LogP contribution in [0.15, 0.2) is 11.4 Å². The summed E-state index contributed by atoms with van der Waals surface area (Å²) >= 11 is 1.72. The highest BCUT2D eigenvalue weighted by Gasteiger charge is 1.96. The third kappa shape index (κ3) is 7.86. The highest BCUT2D eigenvalue weighted by atomic mass is 35.7. The van der Waals surface area contributed by atoms with E-state index in [-0.39, 0.29) is 0 Å². The standard InChI is InChI=1S/C5H8NS.ClHO4/c1-5-3-4-7-6(5)2;2-1(3,4)5/h3-4H,1-2H3;(H,2,3,4,5)/q+1;/p-1. The fourth-order valence-corrected chi connectivity index (χ4v) is 1.08. The molecule has 0 aliphatic carbocycles. The summed E-state index contributed by atoms with van der Waals surface area (Å²) in [6.45, 7) is 2.09. The summed E-state index contributed by atoms with van der Waals surface area (Å²) in [6.07, 6.45) is 0. The third-order valence-corrected chi connectivity index (χ3v) is 1.89. The van der Waals surface area contributed by atoms with Gasteiger partial charge in [0.25, 0.3) is 0 Å². The van der Waals surface area contributed by atoms with Crippen molar-refractivity contribution in [1.82, 2.24) is 0 Å². The Morgan fingerprint density at radius 2 is 1.75 bits per heavy atom. The topological polar surface area (TPSA) is 96.1 Å². The van der Waals surface area contributed by atoms with Gasteiger partial charge in [-0.3, -0.25) is 0 Å². The molecule has 1 aromatic heterocycles. The number of hydrogen-bond acceptors (Lipinski definition) is 5. The van der Waals surface area contributed by atoms with E-state index >= 15 is 0 Å². The van der Waals surface area contributed by atoms with E-state index in [2.05, 4.69) is 29.4 Å². The number of aryl methyl sites for hydroxylation is 2. The second-order valence-corrected chi connectivity index (χ2v) is 3.71. The van der Waals surface area contributed by atoms with Gasteiger partial charge >= 0.3 is 0 Å². The molecular formula is C5H8ClNO4S. The summed E-state index contributed by atoms with van der Waals surface area (Å²) in [5, 5.41) is 2.08. The van der Waals surface area contributed by atoms with E-state index in [1.165, 1.54) is 5.69 Å². The summed E-state index contributed by atoms with van der Waals surface area (Å²) < 4.78 is 36.1. The van der Waals surface area contributed by atoms with Crippen molar-refractivity contribution < 1.29 is 32.8 Å². The van der Waals surface area contributed by atoms with Crippen LogP contribution in [0.2, 0.25) is 0 Å². The van der Waals surface area contributed by atoms with Crippen LogP contribution in [0.3, 0.4) is 0 Å². The molecule has 0 saturated carbocycles. The Labute approximate surface area is 76.0 Å². The van der Waals surface area contributed by atoms with Gasteiger partial charge in [0.05, 0.1) is 5.38 Å². The highest BCUT2D eigenvalue weighted by molar-refractivity contribution is 6.99. The van der Waals surface area contributed by atoms with Crippen molar-refractivity contribution in [3.8, 4) is 0 Å². The molecule has 0 atom stereocenters. The van der Waals surface area contributed by atoms with Crippen molar-refractivity contribution >= 4 is 11.5 Å². The predicted molar refractivity (Wildman–Crippen MR) is 30.2 cm³/mol. The maximum Gasteiger partial charge on any atom is 0.193 e. The maximum atomic E-state index is 8.49. The predicted octanol–water partition coefficient (Wildman–Crippen LogP) is -3.87. The van der Waals surface area contributed by atoms with E-state index in [1.807, 2.05) is 0 Å². The number of hydrogen-bond donors (Lipinski definition) is 0. The lowest BCUT2D eigenvalue weighted by molar-refractivity contribution is -2.00. The monoisotopic (exact) mass is 213 g/mol. The van der Waals surface area contributed by atoms with Crippen LogP contribution in [0.25, 0.3) is 0 Å². The average molecular weight is 214 g/mol. The fraction of sp³-hybridized carbons (Fsp3) is 0.400. The molecule has 0 N–H and O–H groups in total. The van der Waals surface area contributed by atoms with Gasteiger partial charge in [0.2, 0.25) is 0 Å². The van der Waals surface area contributed by atoms with Crippen LogP contribution in [-0.4, -0.2) is 0 Å². The molecule has 0 spiro atoms. The van der Waals surface area contributed by atoms with Crippen LogP contribution in [0.5, 0.6) is 0 Å². The number of aromatic nitrogens is 1. The van der Waals surface area contributed by atoms with Crippen LogP contribution in [0.1, 0.15) is 5.69 Å². The molecule has 0 unspecified atom stereocenters. The summed E-state index contributed by atoms with van der Waals surface area (Å²) in [5.74, 6) is 0. The number of rotatable bonds is 0. The molecule has 0 fully saturated rings. The summed E-state index contributed by atoms with van der Waals surface area (Å²) in [5.41, 5.74) is 1.32.